The minimum atomic E-state index is 0.273. The normalized spacial score (nSPS) is 31.6. The van der Waals surface area contributed by atoms with Gasteiger partial charge in [0, 0.05) is 12.1 Å². The fourth-order valence-corrected chi connectivity index (χ4v) is 3.55. The van der Waals surface area contributed by atoms with Gasteiger partial charge in [-0.25, -0.2) is 0 Å². The molecule has 0 amide bonds. The summed E-state index contributed by atoms with van der Waals surface area (Å²) in [4.78, 5) is 2.50. The van der Waals surface area contributed by atoms with Gasteiger partial charge in [0.05, 0.1) is 5.02 Å². The number of piperidine rings is 1. The first-order valence-corrected chi connectivity index (χ1v) is 7.23. The van der Waals surface area contributed by atoms with Gasteiger partial charge in [-0.3, -0.25) is 0 Å². The number of nitrogens with zero attached hydrogens (tertiary/aromatic N) is 1. The number of fused-ring (bicyclic) bond motifs is 2. The van der Waals surface area contributed by atoms with Crippen LogP contribution in [0.3, 0.4) is 0 Å². The zero-order valence-corrected chi connectivity index (χ0v) is 11.9. The van der Waals surface area contributed by atoms with Crippen LogP contribution in [-0.4, -0.2) is 30.1 Å². The Morgan fingerprint density at radius 3 is 2.50 bits per heavy atom. The Hall–Kier alpha value is -0.440. The first kappa shape index (κ1) is 12.6. The summed E-state index contributed by atoms with van der Waals surface area (Å²) in [6.45, 7) is 0. The molecule has 0 aliphatic carbocycles. The Kier molecular flexibility index (Phi) is 3.44. The molecule has 2 aliphatic heterocycles. The van der Waals surface area contributed by atoms with Gasteiger partial charge in [-0.15, -0.1) is 0 Å². The summed E-state index contributed by atoms with van der Waals surface area (Å²) in [5.41, 5.74) is 0. The molecule has 98 valence electrons. The lowest BCUT2D eigenvalue weighted by molar-refractivity contribution is 0.0662. The molecule has 2 nitrogen and oxygen atoms in total. The van der Waals surface area contributed by atoms with Crippen molar-refractivity contribution in [1.29, 1.82) is 0 Å². The second kappa shape index (κ2) is 4.92. The van der Waals surface area contributed by atoms with Crippen molar-refractivity contribution >= 4 is 23.2 Å². The van der Waals surface area contributed by atoms with Crippen molar-refractivity contribution in [2.75, 3.05) is 7.05 Å². The maximum Gasteiger partial charge on any atom is 0.139 e. The maximum atomic E-state index is 6.16. The fraction of sp³-hybridized carbons (Fsp3) is 0.571. The first-order chi connectivity index (χ1) is 8.65. The number of hydrogen-bond acceptors (Lipinski definition) is 2. The van der Waals surface area contributed by atoms with Gasteiger partial charge < -0.3 is 9.64 Å². The minimum absolute atomic E-state index is 0.273. The highest BCUT2D eigenvalue weighted by atomic mass is 35.5. The average Bonchev–Trinajstić information content (AvgIpc) is 2.59. The van der Waals surface area contributed by atoms with Gasteiger partial charge in [0.1, 0.15) is 16.9 Å². The van der Waals surface area contributed by atoms with Crippen molar-refractivity contribution in [2.45, 2.75) is 43.9 Å². The van der Waals surface area contributed by atoms with E-state index < -0.39 is 0 Å². The van der Waals surface area contributed by atoms with Crippen molar-refractivity contribution in [2.24, 2.45) is 0 Å². The third-order valence-corrected chi connectivity index (χ3v) is 5.07. The number of ether oxygens (including phenoxy) is 1. The smallest absolute Gasteiger partial charge is 0.139 e. The molecule has 0 radical (unpaired) electrons. The molecule has 0 aromatic heterocycles. The minimum Gasteiger partial charge on any atom is -0.489 e. The molecule has 0 saturated carbocycles. The largest absolute Gasteiger partial charge is 0.489 e. The van der Waals surface area contributed by atoms with Gasteiger partial charge in [0.25, 0.3) is 0 Å². The maximum absolute atomic E-state index is 6.16. The highest BCUT2D eigenvalue weighted by Gasteiger charge is 2.39. The van der Waals surface area contributed by atoms with Crippen LogP contribution in [0.4, 0.5) is 0 Å². The quantitative estimate of drug-likeness (QED) is 0.815. The van der Waals surface area contributed by atoms with Crippen molar-refractivity contribution in [3.8, 4) is 5.75 Å². The van der Waals surface area contributed by atoms with Crippen molar-refractivity contribution in [1.82, 2.24) is 4.90 Å². The van der Waals surface area contributed by atoms with E-state index in [9.17, 15) is 0 Å². The lowest BCUT2D eigenvalue weighted by atomic mass is 10.0. The van der Waals surface area contributed by atoms with Crippen molar-refractivity contribution in [3.05, 3.63) is 28.2 Å². The third kappa shape index (κ3) is 2.22. The average molecular weight is 286 g/mol. The monoisotopic (exact) mass is 285 g/mol. The molecule has 1 aromatic rings. The molecular formula is C14H17Cl2NO. The van der Waals surface area contributed by atoms with Crippen LogP contribution in [0.15, 0.2) is 18.2 Å². The van der Waals surface area contributed by atoms with Crippen LogP contribution in [-0.2, 0) is 0 Å². The second-order valence-corrected chi connectivity index (χ2v) is 6.10. The summed E-state index contributed by atoms with van der Waals surface area (Å²) in [5, 5.41) is 1.09. The van der Waals surface area contributed by atoms with Crippen LogP contribution < -0.4 is 4.74 Å². The van der Waals surface area contributed by atoms with Crippen molar-refractivity contribution in [3.63, 3.8) is 0 Å². The Morgan fingerprint density at radius 1 is 1.17 bits per heavy atom. The zero-order chi connectivity index (χ0) is 12.7. The zero-order valence-electron chi connectivity index (χ0n) is 10.4. The van der Waals surface area contributed by atoms with E-state index in [4.69, 9.17) is 27.9 Å². The van der Waals surface area contributed by atoms with Crippen LogP contribution >= 0.6 is 23.2 Å². The molecular weight excluding hydrogens is 269 g/mol. The lowest BCUT2D eigenvalue weighted by Gasteiger charge is -2.36. The van der Waals surface area contributed by atoms with Crippen LogP contribution in [0, 0.1) is 0 Å². The number of halogens is 2. The highest BCUT2D eigenvalue weighted by molar-refractivity contribution is 6.42. The van der Waals surface area contributed by atoms with Gasteiger partial charge in [0.15, 0.2) is 0 Å². The molecule has 2 saturated heterocycles. The van der Waals surface area contributed by atoms with E-state index in [0.717, 1.165) is 18.6 Å². The van der Waals surface area contributed by atoms with E-state index in [-0.39, 0.29) is 6.10 Å². The Morgan fingerprint density at radius 2 is 1.83 bits per heavy atom. The number of benzene rings is 1. The topological polar surface area (TPSA) is 12.5 Å². The third-order valence-electron chi connectivity index (χ3n) is 4.26. The molecule has 1 aromatic carbocycles. The SMILES string of the molecule is CN1[C@@H]2CC[C@H]1C[C@H](Oc1cccc(Cl)c1Cl)C2. The molecule has 2 bridgehead atoms. The summed E-state index contributed by atoms with van der Waals surface area (Å²) in [5.74, 6) is 0.720. The van der Waals surface area contributed by atoms with Gasteiger partial charge >= 0.3 is 0 Å². The number of rotatable bonds is 2. The van der Waals surface area contributed by atoms with E-state index >= 15 is 0 Å². The predicted molar refractivity (Wildman–Crippen MR) is 74.7 cm³/mol. The standard InChI is InChI=1S/C14H17Cl2NO/c1-17-9-5-6-10(17)8-11(7-9)18-13-4-2-3-12(15)14(13)16/h2-4,9-11H,5-8H2,1H3/t9-,10+,11-. The molecule has 3 rings (SSSR count). The Bertz CT molecular complexity index is 437. The summed E-state index contributed by atoms with van der Waals surface area (Å²) >= 11 is 12.2. The first-order valence-electron chi connectivity index (χ1n) is 6.47. The second-order valence-electron chi connectivity index (χ2n) is 5.31. The van der Waals surface area contributed by atoms with Gasteiger partial charge in [0.2, 0.25) is 0 Å². The fourth-order valence-electron chi connectivity index (χ4n) is 3.21. The molecule has 0 unspecified atom stereocenters. The van der Waals surface area contributed by atoms with Crippen LogP contribution in [0.1, 0.15) is 25.7 Å². The van der Waals surface area contributed by atoms with E-state index in [1.807, 2.05) is 12.1 Å². The molecule has 2 heterocycles. The van der Waals surface area contributed by atoms with E-state index in [0.29, 0.717) is 22.1 Å². The predicted octanol–water partition coefficient (Wildman–Crippen LogP) is 4.00. The summed E-state index contributed by atoms with van der Waals surface area (Å²) < 4.78 is 6.05. The van der Waals surface area contributed by atoms with Gasteiger partial charge in [-0.2, -0.15) is 0 Å². The molecule has 4 heteroatoms. The van der Waals surface area contributed by atoms with Gasteiger partial charge in [-0.05, 0) is 44.9 Å². The summed E-state index contributed by atoms with van der Waals surface area (Å²) in [7, 11) is 2.23. The molecule has 2 aliphatic rings. The molecule has 3 atom stereocenters. The molecule has 18 heavy (non-hydrogen) atoms. The van der Waals surface area contributed by atoms with E-state index in [2.05, 4.69) is 11.9 Å². The summed E-state index contributed by atoms with van der Waals surface area (Å²) in [6, 6.07) is 6.91. The highest BCUT2D eigenvalue weighted by Crippen LogP contribution is 2.38. The summed E-state index contributed by atoms with van der Waals surface area (Å²) in [6.07, 6.45) is 5.05. The van der Waals surface area contributed by atoms with Gasteiger partial charge in [-0.1, -0.05) is 29.3 Å². The Labute approximate surface area is 118 Å². The van der Waals surface area contributed by atoms with Crippen molar-refractivity contribution < 1.29 is 4.74 Å². The Balaban J connectivity index is 1.72. The van der Waals surface area contributed by atoms with Crippen LogP contribution in [0.5, 0.6) is 5.75 Å². The van der Waals surface area contributed by atoms with E-state index in [1.165, 1.54) is 12.8 Å². The van der Waals surface area contributed by atoms with Crippen LogP contribution in [0.2, 0.25) is 10.0 Å². The number of hydrogen-bond donors (Lipinski definition) is 0. The molecule has 2 fully saturated rings. The molecule has 0 N–H and O–H groups in total. The van der Waals surface area contributed by atoms with Crippen LogP contribution in [0.25, 0.3) is 0 Å². The molecule has 0 spiro atoms. The van der Waals surface area contributed by atoms with E-state index in [1.54, 1.807) is 6.07 Å². The lowest BCUT2D eigenvalue weighted by Crippen LogP contribution is -2.43.